The molecule has 0 N–H and O–H groups in total. The van der Waals surface area contributed by atoms with Crippen LogP contribution in [0.2, 0.25) is 0 Å². The van der Waals surface area contributed by atoms with Crippen LogP contribution in [-0.4, -0.2) is 47.6 Å². The molecule has 0 unspecified atom stereocenters. The van der Waals surface area contributed by atoms with Crippen molar-refractivity contribution in [1.29, 1.82) is 0 Å². The van der Waals surface area contributed by atoms with Crippen LogP contribution >= 0.6 is 0 Å². The van der Waals surface area contributed by atoms with Crippen molar-refractivity contribution in [2.24, 2.45) is 0 Å². The normalized spacial score (nSPS) is 36.9. The predicted octanol–water partition coefficient (Wildman–Crippen LogP) is 1.56. The summed E-state index contributed by atoms with van der Waals surface area (Å²) in [6, 6.07) is 1.65. The van der Waals surface area contributed by atoms with Gasteiger partial charge >= 0.3 is 0 Å². The minimum absolute atomic E-state index is 0.368. The molecule has 2 aliphatic heterocycles. The third kappa shape index (κ3) is 1.62. The Labute approximate surface area is 81.9 Å². The molecular weight excluding hydrogens is 160 g/mol. The summed E-state index contributed by atoms with van der Waals surface area (Å²) in [5, 5.41) is 0. The van der Waals surface area contributed by atoms with Crippen LogP contribution in [0, 0.1) is 0 Å². The van der Waals surface area contributed by atoms with Gasteiger partial charge in [0.15, 0.2) is 0 Å². The van der Waals surface area contributed by atoms with E-state index in [0.717, 1.165) is 12.1 Å². The number of piperazine rings is 1. The summed E-state index contributed by atoms with van der Waals surface area (Å²) >= 11 is 0. The molecule has 0 aromatic carbocycles. The standard InChI is InChI=1S/C11H22N2/c1-11(2,3)13-9-5-6-10(13)8-12(4)7-9/h9-10H,5-8H2,1-4H3/t9-,10+. The number of rotatable bonds is 0. The lowest BCUT2D eigenvalue weighted by Crippen LogP contribution is -2.58. The van der Waals surface area contributed by atoms with Crippen molar-refractivity contribution < 1.29 is 0 Å². The van der Waals surface area contributed by atoms with Gasteiger partial charge in [-0.15, -0.1) is 0 Å². The van der Waals surface area contributed by atoms with Crippen LogP contribution in [0.15, 0.2) is 0 Å². The van der Waals surface area contributed by atoms with E-state index in [-0.39, 0.29) is 0 Å². The maximum atomic E-state index is 2.74. The van der Waals surface area contributed by atoms with Gasteiger partial charge in [0.25, 0.3) is 0 Å². The summed E-state index contributed by atoms with van der Waals surface area (Å²) in [7, 11) is 2.26. The highest BCUT2D eigenvalue weighted by Gasteiger charge is 2.43. The zero-order valence-corrected chi connectivity index (χ0v) is 9.38. The first-order valence-electron chi connectivity index (χ1n) is 5.45. The average molecular weight is 182 g/mol. The number of likely N-dealkylation sites (N-methyl/N-ethyl adjacent to an activating group) is 1. The molecule has 13 heavy (non-hydrogen) atoms. The Hall–Kier alpha value is -0.0800. The van der Waals surface area contributed by atoms with E-state index < -0.39 is 0 Å². The third-order valence-electron chi connectivity index (χ3n) is 3.44. The minimum Gasteiger partial charge on any atom is -0.303 e. The summed E-state index contributed by atoms with van der Waals surface area (Å²) in [5.41, 5.74) is 0.368. The fourth-order valence-corrected chi connectivity index (χ4v) is 3.21. The summed E-state index contributed by atoms with van der Waals surface area (Å²) < 4.78 is 0. The van der Waals surface area contributed by atoms with E-state index >= 15 is 0 Å². The van der Waals surface area contributed by atoms with Gasteiger partial charge in [-0.1, -0.05) is 0 Å². The highest BCUT2D eigenvalue weighted by Crippen LogP contribution is 2.35. The van der Waals surface area contributed by atoms with E-state index in [4.69, 9.17) is 0 Å². The van der Waals surface area contributed by atoms with E-state index in [1.165, 1.54) is 25.9 Å². The smallest absolute Gasteiger partial charge is 0.0232 e. The molecule has 2 aliphatic rings. The molecule has 2 fully saturated rings. The van der Waals surface area contributed by atoms with Crippen LogP contribution in [0.1, 0.15) is 33.6 Å². The van der Waals surface area contributed by atoms with Crippen molar-refractivity contribution in [3.05, 3.63) is 0 Å². The third-order valence-corrected chi connectivity index (χ3v) is 3.44. The van der Waals surface area contributed by atoms with E-state index in [9.17, 15) is 0 Å². The zero-order chi connectivity index (χ0) is 9.64. The first kappa shape index (κ1) is 9.47. The summed E-state index contributed by atoms with van der Waals surface area (Å²) in [6.45, 7) is 9.60. The second-order valence-electron chi connectivity index (χ2n) is 5.68. The number of likely N-dealkylation sites (tertiary alicyclic amines) is 1. The summed E-state index contributed by atoms with van der Waals surface area (Å²) in [6.07, 6.45) is 2.82. The van der Waals surface area contributed by atoms with Gasteiger partial charge in [-0.2, -0.15) is 0 Å². The van der Waals surface area contributed by atoms with Crippen LogP contribution in [-0.2, 0) is 0 Å². The Morgan fingerprint density at radius 3 is 1.85 bits per heavy atom. The topological polar surface area (TPSA) is 6.48 Å². The quantitative estimate of drug-likeness (QED) is 0.561. The molecule has 2 atom stereocenters. The van der Waals surface area contributed by atoms with Gasteiger partial charge in [-0.3, -0.25) is 4.90 Å². The zero-order valence-electron chi connectivity index (χ0n) is 9.38. The highest BCUT2D eigenvalue weighted by molar-refractivity contribution is 4.99. The van der Waals surface area contributed by atoms with Crippen molar-refractivity contribution >= 4 is 0 Å². The monoisotopic (exact) mass is 182 g/mol. The molecule has 2 heteroatoms. The van der Waals surface area contributed by atoms with Crippen LogP contribution in [0.3, 0.4) is 0 Å². The predicted molar refractivity (Wildman–Crippen MR) is 55.9 cm³/mol. The maximum absolute atomic E-state index is 2.74. The van der Waals surface area contributed by atoms with Crippen molar-refractivity contribution in [1.82, 2.24) is 9.80 Å². The lowest BCUT2D eigenvalue weighted by Gasteiger charge is -2.47. The molecule has 0 saturated carbocycles. The first-order valence-corrected chi connectivity index (χ1v) is 5.45. The number of nitrogens with zero attached hydrogens (tertiary/aromatic N) is 2. The maximum Gasteiger partial charge on any atom is 0.0232 e. The Bertz CT molecular complexity index is 181. The van der Waals surface area contributed by atoms with Gasteiger partial charge in [-0.25, -0.2) is 0 Å². The van der Waals surface area contributed by atoms with Gasteiger partial charge in [0.2, 0.25) is 0 Å². The lowest BCUT2D eigenvalue weighted by molar-refractivity contribution is 0.0114. The Morgan fingerprint density at radius 2 is 1.46 bits per heavy atom. The van der Waals surface area contributed by atoms with Crippen LogP contribution in [0.25, 0.3) is 0 Å². The van der Waals surface area contributed by atoms with Crippen LogP contribution in [0.5, 0.6) is 0 Å². The minimum atomic E-state index is 0.368. The molecule has 0 aromatic rings. The van der Waals surface area contributed by atoms with Crippen molar-refractivity contribution in [3.63, 3.8) is 0 Å². The molecule has 0 spiro atoms. The second kappa shape index (κ2) is 2.96. The fraction of sp³-hybridized carbons (Fsp3) is 1.00. The van der Waals surface area contributed by atoms with Crippen LogP contribution < -0.4 is 0 Å². The molecule has 2 rings (SSSR count). The Kier molecular flexibility index (Phi) is 2.16. The molecule has 2 heterocycles. The largest absolute Gasteiger partial charge is 0.303 e. The van der Waals surface area contributed by atoms with Crippen LogP contribution in [0.4, 0.5) is 0 Å². The first-order chi connectivity index (χ1) is 5.98. The van der Waals surface area contributed by atoms with Crippen molar-refractivity contribution in [3.8, 4) is 0 Å². The highest BCUT2D eigenvalue weighted by atomic mass is 15.3. The molecule has 2 saturated heterocycles. The molecule has 0 aromatic heterocycles. The summed E-state index contributed by atoms with van der Waals surface area (Å²) in [5.74, 6) is 0. The van der Waals surface area contributed by atoms with Crippen molar-refractivity contribution in [2.75, 3.05) is 20.1 Å². The Morgan fingerprint density at radius 1 is 1.00 bits per heavy atom. The van der Waals surface area contributed by atoms with E-state index in [1.54, 1.807) is 0 Å². The van der Waals surface area contributed by atoms with E-state index in [2.05, 4.69) is 37.6 Å². The van der Waals surface area contributed by atoms with Gasteiger partial charge < -0.3 is 4.90 Å². The number of fused-ring (bicyclic) bond motifs is 2. The number of hydrogen-bond acceptors (Lipinski definition) is 2. The SMILES string of the molecule is CN1C[C@H]2CC[C@@H](C1)N2C(C)(C)C. The van der Waals surface area contributed by atoms with Gasteiger partial charge in [0, 0.05) is 30.7 Å². The van der Waals surface area contributed by atoms with E-state index in [1.807, 2.05) is 0 Å². The second-order valence-corrected chi connectivity index (χ2v) is 5.68. The van der Waals surface area contributed by atoms with E-state index in [0.29, 0.717) is 5.54 Å². The lowest BCUT2D eigenvalue weighted by atomic mass is 10.0. The van der Waals surface area contributed by atoms with Crippen molar-refractivity contribution in [2.45, 2.75) is 51.2 Å². The average Bonchev–Trinajstić information content (AvgIpc) is 2.23. The number of hydrogen-bond donors (Lipinski definition) is 0. The molecule has 0 aliphatic carbocycles. The van der Waals surface area contributed by atoms with Gasteiger partial charge in [0.1, 0.15) is 0 Å². The Balaban J connectivity index is 2.15. The molecule has 76 valence electrons. The fourth-order valence-electron chi connectivity index (χ4n) is 3.21. The van der Waals surface area contributed by atoms with Gasteiger partial charge in [0.05, 0.1) is 0 Å². The molecular formula is C11H22N2. The molecule has 2 nitrogen and oxygen atoms in total. The molecule has 0 radical (unpaired) electrons. The summed E-state index contributed by atoms with van der Waals surface area (Å²) in [4.78, 5) is 5.23. The molecule has 2 bridgehead atoms. The van der Waals surface area contributed by atoms with Gasteiger partial charge in [-0.05, 0) is 40.7 Å². The molecule has 0 amide bonds.